The van der Waals surface area contributed by atoms with Gasteiger partial charge in [0.2, 0.25) is 0 Å². The van der Waals surface area contributed by atoms with Crippen LogP contribution in [-0.4, -0.2) is 12.7 Å². The van der Waals surface area contributed by atoms with Crippen LogP contribution in [0.5, 0.6) is 0 Å². The van der Waals surface area contributed by atoms with Crippen molar-refractivity contribution in [3.8, 4) is 0 Å². The smallest absolute Gasteiger partial charge is 0.134 e. The number of hydrogen-bond acceptors (Lipinski definition) is 0. The Bertz CT molecular complexity index is 526. The van der Waals surface area contributed by atoms with Crippen LogP contribution in [0.3, 0.4) is 0 Å². The third-order valence-corrected chi connectivity index (χ3v) is 9.52. The zero-order chi connectivity index (χ0) is 16.6. The minimum Gasteiger partial charge on any atom is -0.134 e. The lowest BCUT2D eigenvalue weighted by Crippen LogP contribution is -2.48. The van der Waals surface area contributed by atoms with E-state index in [-0.39, 0.29) is 0 Å². The average Bonchev–Trinajstić information content (AvgIpc) is 2.48. The van der Waals surface area contributed by atoms with Crippen molar-refractivity contribution in [3.63, 3.8) is 0 Å². The van der Waals surface area contributed by atoms with Crippen LogP contribution in [0.25, 0.3) is 0 Å². The zero-order valence-corrected chi connectivity index (χ0v) is 17.4. The molecule has 0 N–H and O–H groups in total. The highest BCUT2D eigenvalue weighted by Crippen LogP contribution is 2.24. The molecule has 0 spiro atoms. The Hall–Kier alpha value is 0.0638. The summed E-state index contributed by atoms with van der Waals surface area (Å²) in [6.45, 7) is 0.916. The first-order chi connectivity index (χ1) is 10.3. The van der Waals surface area contributed by atoms with Crippen LogP contribution in [-0.2, 0) is 0 Å². The molecular weight excluding hydrogens is 414 g/mol. The predicted octanol–water partition coefficient (Wildman–Crippen LogP) is 5.55. The van der Waals surface area contributed by atoms with E-state index >= 15 is 0 Å². The standard InChI is InChI=1S/C12H10Cl2Si.C3H5Cl3Si/c13-15(14,11-7-3-1-4-8-11)12-9-5-2-6-10-12;1-2-3-7(4,5)6/h1-10H;2H,1,3H2. The SMILES string of the molecule is C=CC[Si](Cl)(Cl)Cl.Cl[Si](Cl)(c1ccccc1)c1ccccc1. The van der Waals surface area contributed by atoms with Crippen molar-refractivity contribution < 1.29 is 0 Å². The van der Waals surface area contributed by atoms with Gasteiger partial charge in [0.15, 0.2) is 0 Å². The molecule has 0 saturated heterocycles. The average molecular weight is 429 g/mol. The van der Waals surface area contributed by atoms with Crippen LogP contribution in [0.15, 0.2) is 73.3 Å². The molecule has 2 rings (SSSR count). The number of hydrogen-bond donors (Lipinski definition) is 0. The van der Waals surface area contributed by atoms with E-state index in [2.05, 4.69) is 6.58 Å². The number of benzene rings is 2. The number of rotatable bonds is 4. The monoisotopic (exact) mass is 426 g/mol. The van der Waals surface area contributed by atoms with Crippen molar-refractivity contribution >= 4 is 78.5 Å². The molecule has 0 nitrogen and oxygen atoms in total. The van der Waals surface area contributed by atoms with E-state index in [1.54, 1.807) is 6.08 Å². The summed E-state index contributed by atoms with van der Waals surface area (Å²) in [5.41, 5.74) is 0. The molecule has 0 aliphatic heterocycles. The lowest BCUT2D eigenvalue weighted by molar-refractivity contribution is 1.73. The highest BCUT2D eigenvalue weighted by molar-refractivity contribution is 7.64. The van der Waals surface area contributed by atoms with Gasteiger partial charge in [-0.3, -0.25) is 0 Å². The Morgan fingerprint density at radius 2 is 1.09 bits per heavy atom. The van der Waals surface area contributed by atoms with Gasteiger partial charge in [0.1, 0.15) is 0 Å². The quantitative estimate of drug-likeness (QED) is 0.340. The third kappa shape index (κ3) is 7.09. The second kappa shape index (κ2) is 9.38. The van der Waals surface area contributed by atoms with E-state index in [1.807, 2.05) is 60.7 Å². The number of halogens is 5. The van der Waals surface area contributed by atoms with Gasteiger partial charge in [-0.2, -0.15) is 0 Å². The summed E-state index contributed by atoms with van der Waals surface area (Å²) in [7, 11) is 0. The van der Waals surface area contributed by atoms with Gasteiger partial charge in [-0.05, 0) is 10.4 Å². The fourth-order valence-corrected chi connectivity index (χ4v) is 6.00. The molecule has 7 heteroatoms. The highest BCUT2D eigenvalue weighted by atomic mass is 35.8. The van der Waals surface area contributed by atoms with E-state index < -0.39 is 12.7 Å². The van der Waals surface area contributed by atoms with Gasteiger partial charge in [0.25, 0.3) is 0 Å². The first-order valence-corrected chi connectivity index (χ1v) is 15.7. The van der Waals surface area contributed by atoms with Crippen LogP contribution < -0.4 is 10.4 Å². The zero-order valence-electron chi connectivity index (χ0n) is 11.7. The summed E-state index contributed by atoms with van der Waals surface area (Å²) in [5.74, 6) is 0. The molecule has 0 amide bonds. The van der Waals surface area contributed by atoms with Crippen LogP contribution in [0.1, 0.15) is 0 Å². The first kappa shape index (κ1) is 20.1. The molecule has 0 saturated carbocycles. The molecule has 0 radical (unpaired) electrons. The Kier molecular flexibility index (Phi) is 8.58. The Morgan fingerprint density at radius 1 is 0.727 bits per heavy atom. The summed E-state index contributed by atoms with van der Waals surface area (Å²) in [6, 6.07) is 17.9. The van der Waals surface area contributed by atoms with Crippen LogP contribution >= 0.6 is 55.4 Å². The fraction of sp³-hybridized carbons (Fsp3) is 0.0667. The van der Waals surface area contributed by atoms with Gasteiger partial charge in [0, 0.05) is 6.04 Å². The van der Waals surface area contributed by atoms with Gasteiger partial charge in [0.05, 0.1) is 0 Å². The van der Waals surface area contributed by atoms with Crippen LogP contribution in [0, 0.1) is 0 Å². The largest absolute Gasteiger partial charge is 0.344 e. The van der Waals surface area contributed by atoms with Crippen molar-refractivity contribution in [1.29, 1.82) is 0 Å². The minimum atomic E-state index is -2.51. The topological polar surface area (TPSA) is 0 Å². The molecule has 2 aromatic carbocycles. The molecule has 0 atom stereocenters. The van der Waals surface area contributed by atoms with Gasteiger partial charge < -0.3 is 0 Å². The second-order valence-corrected chi connectivity index (χ2v) is 19.9. The maximum atomic E-state index is 6.49. The molecule has 0 bridgehead atoms. The molecule has 0 aliphatic carbocycles. The Balaban J connectivity index is 0.000000295. The van der Waals surface area contributed by atoms with Crippen molar-refractivity contribution in [2.45, 2.75) is 6.04 Å². The van der Waals surface area contributed by atoms with Crippen LogP contribution in [0.4, 0.5) is 0 Å². The summed E-state index contributed by atoms with van der Waals surface area (Å²) < 4.78 is 0. The first-order valence-electron chi connectivity index (χ1n) is 6.44. The van der Waals surface area contributed by atoms with E-state index in [4.69, 9.17) is 55.4 Å². The molecule has 118 valence electrons. The summed E-state index contributed by atoms with van der Waals surface area (Å²) in [4.78, 5) is 0. The van der Waals surface area contributed by atoms with E-state index in [0.717, 1.165) is 10.4 Å². The summed E-state index contributed by atoms with van der Waals surface area (Å²) >= 11 is 29.3. The number of allylic oxidation sites excluding steroid dienone is 1. The fourth-order valence-electron chi connectivity index (χ4n) is 1.63. The highest BCUT2D eigenvalue weighted by Gasteiger charge is 2.32. The molecule has 0 aliphatic rings. The second-order valence-electron chi connectivity index (χ2n) is 4.41. The van der Waals surface area contributed by atoms with Crippen molar-refractivity contribution in [3.05, 3.63) is 73.3 Å². The van der Waals surface area contributed by atoms with Crippen LogP contribution in [0.2, 0.25) is 6.04 Å². The maximum absolute atomic E-state index is 6.49. The van der Waals surface area contributed by atoms with Crippen molar-refractivity contribution in [1.82, 2.24) is 0 Å². The van der Waals surface area contributed by atoms with Gasteiger partial charge >= 0.3 is 12.7 Å². The van der Waals surface area contributed by atoms with Gasteiger partial charge in [-0.15, -0.1) is 62.0 Å². The Labute approximate surface area is 157 Å². The maximum Gasteiger partial charge on any atom is 0.344 e. The summed E-state index contributed by atoms with van der Waals surface area (Å²) in [6.07, 6.45) is 1.62. The van der Waals surface area contributed by atoms with E-state index in [1.165, 1.54) is 0 Å². The Morgan fingerprint density at radius 3 is 1.32 bits per heavy atom. The molecule has 0 aromatic heterocycles. The molecule has 0 unspecified atom stereocenters. The molecule has 22 heavy (non-hydrogen) atoms. The van der Waals surface area contributed by atoms with E-state index in [0.29, 0.717) is 6.04 Å². The lowest BCUT2D eigenvalue weighted by Gasteiger charge is -2.17. The normalized spacial score (nSPS) is 11.3. The molecule has 0 heterocycles. The van der Waals surface area contributed by atoms with Crippen molar-refractivity contribution in [2.75, 3.05) is 0 Å². The van der Waals surface area contributed by atoms with E-state index in [9.17, 15) is 0 Å². The van der Waals surface area contributed by atoms with Gasteiger partial charge in [-0.1, -0.05) is 66.7 Å². The summed E-state index contributed by atoms with van der Waals surface area (Å²) in [5, 5.41) is 2.05. The lowest BCUT2D eigenvalue weighted by atomic mass is 10.4. The third-order valence-electron chi connectivity index (χ3n) is 2.65. The minimum absolute atomic E-state index is 0.539. The van der Waals surface area contributed by atoms with Crippen molar-refractivity contribution in [2.24, 2.45) is 0 Å². The molecule has 2 aromatic rings. The molecule has 0 fully saturated rings. The predicted molar refractivity (Wildman–Crippen MR) is 108 cm³/mol. The van der Waals surface area contributed by atoms with Gasteiger partial charge in [-0.25, -0.2) is 0 Å². The molecular formula is C15H15Cl5Si2.